The zero-order chi connectivity index (χ0) is 18.6. The average Bonchev–Trinajstić information content (AvgIpc) is 2.59. The Morgan fingerprint density at radius 2 is 1.44 bits per heavy atom. The van der Waals surface area contributed by atoms with Gasteiger partial charge in [-0.1, -0.05) is 30.3 Å². The monoisotopic (exact) mass is 344 g/mol. The predicted molar refractivity (Wildman–Crippen MR) is 81.4 cm³/mol. The first kappa shape index (κ1) is 17.5. The van der Waals surface area contributed by atoms with Gasteiger partial charge in [-0.3, -0.25) is 25.0 Å². The molecule has 25 heavy (non-hydrogen) atoms. The lowest BCUT2D eigenvalue weighted by Gasteiger charge is -2.20. The molecule has 0 saturated heterocycles. The van der Waals surface area contributed by atoms with E-state index in [1.165, 1.54) is 12.1 Å². The third-order valence-corrected chi connectivity index (χ3v) is 3.23. The van der Waals surface area contributed by atoms with Crippen LogP contribution in [0, 0.1) is 20.2 Å². The molecule has 0 heterocycles. The predicted octanol–water partition coefficient (Wildman–Crippen LogP) is 0.724. The summed E-state index contributed by atoms with van der Waals surface area (Å²) in [4.78, 5) is 43.4. The minimum atomic E-state index is -1.60. The number of nitrogens with zero attached hydrogens (tertiary/aromatic N) is 2. The molecular formula is C15H10N3O7-. The summed E-state index contributed by atoms with van der Waals surface area (Å²) in [5, 5.41) is 35.1. The SMILES string of the molecule is O=C(N[C@@H](C(=O)[O-])c1ccccc1)c1cc([N+](=O)[O-])cc([N+](=O)[O-])c1. The molecule has 0 saturated carbocycles. The number of rotatable bonds is 6. The van der Waals surface area contributed by atoms with Gasteiger partial charge in [-0.25, -0.2) is 0 Å². The van der Waals surface area contributed by atoms with Crippen LogP contribution in [0.3, 0.4) is 0 Å². The molecule has 2 rings (SSSR count). The number of carboxylic acid groups (broad SMARTS) is 1. The number of hydrogen-bond acceptors (Lipinski definition) is 7. The summed E-state index contributed by atoms with van der Waals surface area (Å²) < 4.78 is 0. The number of aliphatic carboxylic acids is 1. The Bertz CT molecular complexity index is 819. The molecule has 0 unspecified atom stereocenters. The number of non-ortho nitro benzene ring substituents is 2. The summed E-state index contributed by atoms with van der Waals surface area (Å²) in [6.45, 7) is 0. The van der Waals surface area contributed by atoms with E-state index in [1.54, 1.807) is 18.2 Å². The van der Waals surface area contributed by atoms with Crippen LogP contribution >= 0.6 is 0 Å². The normalized spacial score (nSPS) is 11.4. The molecule has 0 aromatic heterocycles. The van der Waals surface area contributed by atoms with Gasteiger partial charge in [-0.05, 0) is 5.56 Å². The van der Waals surface area contributed by atoms with Gasteiger partial charge in [0.25, 0.3) is 17.3 Å². The molecule has 0 radical (unpaired) electrons. The maximum atomic E-state index is 12.2. The molecule has 2 aromatic carbocycles. The van der Waals surface area contributed by atoms with Crippen LogP contribution in [0.25, 0.3) is 0 Å². The summed E-state index contributed by atoms with van der Waals surface area (Å²) in [7, 11) is 0. The summed E-state index contributed by atoms with van der Waals surface area (Å²) in [5.41, 5.74) is -1.52. The van der Waals surface area contributed by atoms with E-state index < -0.39 is 44.7 Å². The highest BCUT2D eigenvalue weighted by atomic mass is 16.6. The van der Waals surface area contributed by atoms with E-state index in [-0.39, 0.29) is 5.56 Å². The van der Waals surface area contributed by atoms with Crippen LogP contribution in [0.1, 0.15) is 22.0 Å². The smallest absolute Gasteiger partial charge is 0.277 e. The molecular weight excluding hydrogens is 334 g/mol. The topological polar surface area (TPSA) is 156 Å². The lowest BCUT2D eigenvalue weighted by Crippen LogP contribution is -2.41. The van der Waals surface area contributed by atoms with E-state index in [9.17, 15) is 34.9 Å². The standard InChI is InChI=1S/C15H11N3O7/c19-14(16-13(15(20)21)9-4-2-1-3-5-9)10-6-11(17(22)23)8-12(7-10)18(24)25/h1-8,13H,(H,16,19)(H,20,21)/p-1/t13-/m1/s1. The molecule has 10 nitrogen and oxygen atoms in total. The Labute approximate surface area is 140 Å². The third-order valence-electron chi connectivity index (χ3n) is 3.23. The lowest BCUT2D eigenvalue weighted by atomic mass is 10.1. The Morgan fingerprint density at radius 3 is 1.88 bits per heavy atom. The van der Waals surface area contributed by atoms with Crippen LogP contribution in [-0.4, -0.2) is 21.7 Å². The van der Waals surface area contributed by atoms with E-state index in [0.29, 0.717) is 6.07 Å². The Morgan fingerprint density at radius 1 is 0.920 bits per heavy atom. The van der Waals surface area contributed by atoms with E-state index >= 15 is 0 Å². The number of carbonyl (C=O) groups excluding carboxylic acids is 2. The van der Waals surface area contributed by atoms with Crippen molar-refractivity contribution in [1.82, 2.24) is 5.32 Å². The molecule has 0 aliphatic heterocycles. The fourth-order valence-electron chi connectivity index (χ4n) is 2.08. The molecule has 1 N–H and O–H groups in total. The molecule has 2 aromatic rings. The largest absolute Gasteiger partial charge is 0.548 e. The Kier molecular flexibility index (Phi) is 5.03. The van der Waals surface area contributed by atoms with Crippen LogP contribution in [0.4, 0.5) is 11.4 Å². The number of hydrogen-bond donors (Lipinski definition) is 1. The van der Waals surface area contributed by atoms with E-state index in [4.69, 9.17) is 0 Å². The van der Waals surface area contributed by atoms with Gasteiger partial charge in [0.15, 0.2) is 0 Å². The van der Waals surface area contributed by atoms with Crippen molar-refractivity contribution < 1.29 is 24.5 Å². The van der Waals surface area contributed by atoms with Crippen LogP contribution in [-0.2, 0) is 4.79 Å². The van der Waals surface area contributed by atoms with Crippen molar-refractivity contribution in [2.45, 2.75) is 6.04 Å². The summed E-state index contributed by atoms with van der Waals surface area (Å²) in [6, 6.07) is 8.44. The van der Waals surface area contributed by atoms with Crippen molar-refractivity contribution in [3.05, 3.63) is 79.9 Å². The highest BCUT2D eigenvalue weighted by Gasteiger charge is 2.22. The van der Waals surface area contributed by atoms with Crippen LogP contribution in [0.2, 0.25) is 0 Å². The van der Waals surface area contributed by atoms with Crippen molar-refractivity contribution >= 4 is 23.3 Å². The number of benzene rings is 2. The van der Waals surface area contributed by atoms with Crippen molar-refractivity contribution in [2.24, 2.45) is 0 Å². The van der Waals surface area contributed by atoms with Gasteiger partial charge in [0.1, 0.15) is 0 Å². The van der Waals surface area contributed by atoms with Crippen LogP contribution in [0.5, 0.6) is 0 Å². The van der Waals surface area contributed by atoms with Crippen molar-refractivity contribution in [3.8, 4) is 0 Å². The Balaban J connectivity index is 2.37. The third kappa shape index (κ3) is 4.13. The summed E-state index contributed by atoms with van der Waals surface area (Å²) >= 11 is 0. The number of nitro benzene ring substituents is 2. The maximum absolute atomic E-state index is 12.2. The zero-order valence-corrected chi connectivity index (χ0v) is 12.4. The van der Waals surface area contributed by atoms with Gasteiger partial charge in [0, 0.05) is 12.1 Å². The van der Waals surface area contributed by atoms with Crippen molar-refractivity contribution in [3.63, 3.8) is 0 Å². The second-order valence-electron chi connectivity index (χ2n) is 4.89. The van der Waals surface area contributed by atoms with Gasteiger partial charge in [-0.15, -0.1) is 0 Å². The number of nitrogens with one attached hydrogen (secondary N) is 1. The quantitative estimate of drug-likeness (QED) is 0.597. The molecule has 1 amide bonds. The van der Waals surface area contributed by atoms with Gasteiger partial charge in [-0.2, -0.15) is 0 Å². The minimum absolute atomic E-state index is 0.218. The molecule has 10 heteroatoms. The molecule has 0 fully saturated rings. The first-order valence-electron chi connectivity index (χ1n) is 6.80. The van der Waals surface area contributed by atoms with E-state index in [1.807, 2.05) is 0 Å². The van der Waals surface area contributed by atoms with Gasteiger partial charge in [0.2, 0.25) is 0 Å². The summed E-state index contributed by atoms with van der Waals surface area (Å²) in [6.07, 6.45) is 0. The maximum Gasteiger partial charge on any atom is 0.277 e. The minimum Gasteiger partial charge on any atom is -0.548 e. The van der Waals surface area contributed by atoms with Gasteiger partial charge >= 0.3 is 0 Å². The number of carboxylic acids is 1. The highest BCUT2D eigenvalue weighted by Crippen LogP contribution is 2.23. The summed E-state index contributed by atoms with van der Waals surface area (Å²) in [5.74, 6) is -2.62. The molecule has 0 aliphatic carbocycles. The molecule has 0 bridgehead atoms. The second kappa shape index (κ2) is 7.17. The number of nitro groups is 2. The van der Waals surface area contributed by atoms with Gasteiger partial charge < -0.3 is 15.2 Å². The average molecular weight is 344 g/mol. The lowest BCUT2D eigenvalue weighted by molar-refractivity contribution is -0.394. The van der Waals surface area contributed by atoms with Crippen LogP contribution < -0.4 is 10.4 Å². The molecule has 128 valence electrons. The first-order chi connectivity index (χ1) is 11.8. The van der Waals surface area contributed by atoms with Crippen LogP contribution in [0.15, 0.2) is 48.5 Å². The molecule has 0 aliphatic rings. The van der Waals surface area contributed by atoms with E-state index in [2.05, 4.69) is 5.32 Å². The number of carbonyl (C=O) groups is 2. The fourth-order valence-corrected chi connectivity index (χ4v) is 2.08. The Hall–Kier alpha value is -3.82. The van der Waals surface area contributed by atoms with Crippen molar-refractivity contribution in [1.29, 1.82) is 0 Å². The van der Waals surface area contributed by atoms with E-state index in [0.717, 1.165) is 12.1 Å². The zero-order valence-electron chi connectivity index (χ0n) is 12.4. The number of amides is 1. The second-order valence-corrected chi connectivity index (χ2v) is 4.89. The molecule has 0 spiro atoms. The fraction of sp³-hybridized carbons (Fsp3) is 0.0667. The first-order valence-corrected chi connectivity index (χ1v) is 6.80. The highest BCUT2D eigenvalue weighted by molar-refractivity contribution is 5.97. The molecule has 1 atom stereocenters. The van der Waals surface area contributed by atoms with Gasteiger partial charge in [0.05, 0.1) is 33.5 Å². The van der Waals surface area contributed by atoms with Crippen molar-refractivity contribution in [2.75, 3.05) is 0 Å².